The van der Waals surface area contributed by atoms with Crippen molar-refractivity contribution < 1.29 is 18.1 Å². The number of nitrogens with one attached hydrogen (secondary N) is 2. The highest BCUT2D eigenvalue weighted by molar-refractivity contribution is 7.88. The number of hydrogen-bond acceptors (Lipinski definition) is 3. The maximum absolute atomic E-state index is 12.6. The van der Waals surface area contributed by atoms with E-state index < -0.39 is 10.0 Å². The summed E-state index contributed by atoms with van der Waals surface area (Å²) in [4.78, 5) is 13.5. The third-order valence-electron chi connectivity index (χ3n) is 5.81. The first-order valence-corrected chi connectivity index (χ1v) is 11.7. The number of carbonyl (C=O) groups is 1. The van der Waals surface area contributed by atoms with E-state index >= 15 is 0 Å². The Morgan fingerprint density at radius 2 is 1.74 bits per heavy atom. The van der Waals surface area contributed by atoms with Crippen LogP contribution in [0.3, 0.4) is 0 Å². The van der Waals surface area contributed by atoms with Gasteiger partial charge in [0.2, 0.25) is 10.0 Å². The van der Waals surface area contributed by atoms with Crippen molar-refractivity contribution in [3.05, 3.63) is 35.9 Å². The number of sulfonamides is 1. The number of amides is 1. The summed E-state index contributed by atoms with van der Waals surface area (Å²) in [6, 6.07) is 9.61. The van der Waals surface area contributed by atoms with Gasteiger partial charge in [0.25, 0.3) is 5.91 Å². The van der Waals surface area contributed by atoms with Gasteiger partial charge in [0, 0.05) is 6.04 Å². The Balaban J connectivity index is 1.42. The molecule has 0 radical (unpaired) electrons. The number of nitrogens with zero attached hydrogens (tertiary/aromatic N) is 1. The molecule has 2 fully saturated rings. The fourth-order valence-electron chi connectivity index (χ4n) is 4.04. The zero-order valence-corrected chi connectivity index (χ0v) is 17.0. The van der Waals surface area contributed by atoms with Crippen LogP contribution < -0.4 is 10.2 Å². The van der Waals surface area contributed by atoms with Crippen molar-refractivity contribution in [2.75, 3.05) is 32.7 Å². The van der Waals surface area contributed by atoms with E-state index in [-0.39, 0.29) is 11.7 Å². The van der Waals surface area contributed by atoms with Crippen LogP contribution in [-0.4, -0.2) is 57.4 Å². The second-order valence-electron chi connectivity index (χ2n) is 8.09. The lowest BCUT2D eigenvalue weighted by Crippen LogP contribution is -3.15. The van der Waals surface area contributed by atoms with Gasteiger partial charge in [-0.25, -0.2) is 8.42 Å². The molecule has 1 aromatic carbocycles. The summed E-state index contributed by atoms with van der Waals surface area (Å²) in [6.07, 6.45) is 4.53. The molecule has 0 bridgehead atoms. The first-order valence-electron chi connectivity index (χ1n) is 10.1. The van der Waals surface area contributed by atoms with Gasteiger partial charge in [-0.3, -0.25) is 4.79 Å². The van der Waals surface area contributed by atoms with Crippen LogP contribution in [0, 0.1) is 5.92 Å². The average molecular weight is 395 g/mol. The Bertz CT molecular complexity index is 707. The van der Waals surface area contributed by atoms with Gasteiger partial charge in [-0.15, -0.1) is 0 Å². The number of piperazine rings is 1. The minimum absolute atomic E-state index is 0.0454. The molecular formula is C20H32N3O3S+. The molecule has 1 aromatic rings. The Morgan fingerprint density at radius 1 is 1.11 bits per heavy atom. The molecule has 0 aromatic heterocycles. The van der Waals surface area contributed by atoms with Gasteiger partial charge >= 0.3 is 0 Å². The van der Waals surface area contributed by atoms with Crippen molar-refractivity contribution in [2.24, 2.45) is 5.92 Å². The summed E-state index contributed by atoms with van der Waals surface area (Å²) >= 11 is 0. The molecular weight excluding hydrogens is 362 g/mol. The minimum atomic E-state index is -3.30. The van der Waals surface area contributed by atoms with Crippen molar-refractivity contribution in [1.29, 1.82) is 0 Å². The molecule has 1 saturated carbocycles. The highest BCUT2D eigenvalue weighted by atomic mass is 32.2. The predicted molar refractivity (Wildman–Crippen MR) is 106 cm³/mol. The fourth-order valence-corrected chi connectivity index (χ4v) is 5.58. The van der Waals surface area contributed by atoms with Crippen molar-refractivity contribution in [1.82, 2.24) is 9.62 Å². The third kappa shape index (κ3) is 6.02. The molecule has 1 amide bonds. The highest BCUT2D eigenvalue weighted by Gasteiger charge is 2.30. The van der Waals surface area contributed by atoms with Gasteiger partial charge in [0.15, 0.2) is 6.54 Å². The van der Waals surface area contributed by atoms with Crippen molar-refractivity contribution in [3.8, 4) is 0 Å². The standard InChI is InChI=1S/C20H31N3O3S/c1-17-7-9-19(10-8-17)21-20(24)15-22-11-13-23(14-12-22)27(25,26)16-18-5-3-2-4-6-18/h2-6,17,19H,7-16H2,1H3,(H,21,24)/p+1. The Hall–Kier alpha value is -1.44. The van der Waals surface area contributed by atoms with Gasteiger partial charge in [-0.1, -0.05) is 37.3 Å². The zero-order valence-electron chi connectivity index (χ0n) is 16.2. The normalized spacial score (nSPS) is 25.2. The first-order chi connectivity index (χ1) is 12.9. The zero-order chi connectivity index (χ0) is 19.3. The van der Waals surface area contributed by atoms with Gasteiger partial charge in [-0.05, 0) is 37.2 Å². The molecule has 1 heterocycles. The molecule has 1 saturated heterocycles. The molecule has 150 valence electrons. The summed E-state index contributed by atoms with van der Waals surface area (Å²) in [5.41, 5.74) is 0.813. The van der Waals surface area contributed by atoms with Crippen molar-refractivity contribution >= 4 is 15.9 Å². The summed E-state index contributed by atoms with van der Waals surface area (Å²) in [5, 5.41) is 3.17. The van der Waals surface area contributed by atoms with Crippen molar-refractivity contribution in [2.45, 2.75) is 44.4 Å². The van der Waals surface area contributed by atoms with Gasteiger partial charge in [0.05, 0.1) is 31.9 Å². The molecule has 2 aliphatic rings. The average Bonchev–Trinajstić information content (AvgIpc) is 2.64. The second-order valence-corrected chi connectivity index (χ2v) is 10.1. The van der Waals surface area contributed by atoms with Crippen LogP contribution >= 0.6 is 0 Å². The topological polar surface area (TPSA) is 70.9 Å². The van der Waals surface area contributed by atoms with Gasteiger partial charge in [-0.2, -0.15) is 4.31 Å². The molecule has 0 unspecified atom stereocenters. The smallest absolute Gasteiger partial charge is 0.275 e. The summed E-state index contributed by atoms with van der Waals surface area (Å²) < 4.78 is 26.8. The third-order valence-corrected chi connectivity index (χ3v) is 7.66. The molecule has 6 nitrogen and oxygen atoms in total. The van der Waals surface area contributed by atoms with Crippen LogP contribution in [0.15, 0.2) is 30.3 Å². The minimum Gasteiger partial charge on any atom is -0.348 e. The van der Waals surface area contributed by atoms with E-state index in [4.69, 9.17) is 0 Å². The van der Waals surface area contributed by atoms with Crippen LogP contribution in [0.2, 0.25) is 0 Å². The van der Waals surface area contributed by atoms with Crippen LogP contribution in [-0.2, 0) is 20.6 Å². The Labute approximate surface area is 163 Å². The van der Waals surface area contributed by atoms with E-state index in [0.29, 0.717) is 38.8 Å². The number of carbonyl (C=O) groups excluding carboxylic acids is 1. The maximum Gasteiger partial charge on any atom is 0.275 e. The lowest BCUT2D eigenvalue weighted by atomic mass is 9.87. The van der Waals surface area contributed by atoms with Crippen LogP contribution in [0.5, 0.6) is 0 Å². The molecule has 0 spiro atoms. The number of quaternary nitrogens is 1. The predicted octanol–water partition coefficient (Wildman–Crippen LogP) is 0.412. The van der Waals surface area contributed by atoms with E-state index in [1.165, 1.54) is 17.7 Å². The quantitative estimate of drug-likeness (QED) is 0.734. The van der Waals surface area contributed by atoms with Crippen LogP contribution in [0.1, 0.15) is 38.2 Å². The lowest BCUT2D eigenvalue weighted by molar-refractivity contribution is -0.895. The summed E-state index contributed by atoms with van der Waals surface area (Å²) in [5.74, 6) is 0.920. The van der Waals surface area contributed by atoms with E-state index in [0.717, 1.165) is 24.3 Å². The highest BCUT2D eigenvalue weighted by Crippen LogP contribution is 2.23. The number of benzene rings is 1. The van der Waals surface area contributed by atoms with Gasteiger partial charge in [0.1, 0.15) is 0 Å². The largest absolute Gasteiger partial charge is 0.348 e. The molecule has 1 aliphatic carbocycles. The van der Waals surface area contributed by atoms with Gasteiger partial charge < -0.3 is 10.2 Å². The van der Waals surface area contributed by atoms with E-state index in [9.17, 15) is 13.2 Å². The lowest BCUT2D eigenvalue weighted by Gasteiger charge is -2.32. The molecule has 3 rings (SSSR count). The fraction of sp³-hybridized carbons (Fsp3) is 0.650. The van der Waals surface area contributed by atoms with Crippen LogP contribution in [0.4, 0.5) is 0 Å². The molecule has 27 heavy (non-hydrogen) atoms. The molecule has 7 heteroatoms. The maximum atomic E-state index is 12.6. The summed E-state index contributed by atoms with van der Waals surface area (Å²) in [7, 11) is -3.30. The monoisotopic (exact) mass is 394 g/mol. The Kier molecular flexibility index (Phi) is 6.89. The molecule has 1 aliphatic heterocycles. The van der Waals surface area contributed by atoms with E-state index in [2.05, 4.69) is 12.2 Å². The van der Waals surface area contributed by atoms with E-state index in [1.807, 2.05) is 30.3 Å². The Morgan fingerprint density at radius 3 is 2.37 bits per heavy atom. The number of rotatable bonds is 6. The van der Waals surface area contributed by atoms with Crippen LogP contribution in [0.25, 0.3) is 0 Å². The SMILES string of the molecule is CC1CCC(NC(=O)C[NH+]2CCN(S(=O)(=O)Cc3ccccc3)CC2)CC1. The number of hydrogen-bond donors (Lipinski definition) is 2. The van der Waals surface area contributed by atoms with E-state index in [1.54, 1.807) is 4.31 Å². The first kappa shape index (κ1) is 20.3. The van der Waals surface area contributed by atoms with Crippen molar-refractivity contribution in [3.63, 3.8) is 0 Å². The molecule has 0 atom stereocenters. The summed E-state index contributed by atoms with van der Waals surface area (Å²) in [6.45, 7) is 5.05. The second kappa shape index (κ2) is 9.17. The molecule has 2 N–H and O–H groups in total.